The van der Waals surface area contributed by atoms with E-state index >= 15 is 0 Å². The molecular formula is C23H22ClF3N8O4. The molecule has 4 aromatic rings. The van der Waals surface area contributed by atoms with Gasteiger partial charge in [-0.1, -0.05) is 11.6 Å². The molecular weight excluding hydrogens is 545 g/mol. The van der Waals surface area contributed by atoms with Crippen molar-refractivity contribution in [1.82, 2.24) is 29.1 Å². The zero-order valence-corrected chi connectivity index (χ0v) is 21.5. The van der Waals surface area contributed by atoms with Gasteiger partial charge in [0, 0.05) is 33.6 Å². The number of methoxy groups -OCH3 is 1. The summed E-state index contributed by atoms with van der Waals surface area (Å²) in [6.45, 7) is 0.683. The second-order valence-electron chi connectivity index (χ2n) is 8.00. The van der Waals surface area contributed by atoms with Gasteiger partial charge in [-0.25, -0.2) is 15.0 Å². The summed E-state index contributed by atoms with van der Waals surface area (Å²) in [6, 6.07) is 0.707. The van der Waals surface area contributed by atoms with Crippen LogP contribution in [0.5, 0.6) is 11.6 Å². The molecule has 0 aliphatic carbocycles. The summed E-state index contributed by atoms with van der Waals surface area (Å²) < 4.78 is 58.2. The second kappa shape index (κ2) is 11.2. The lowest BCUT2D eigenvalue weighted by Gasteiger charge is -2.13. The van der Waals surface area contributed by atoms with Crippen LogP contribution in [0.3, 0.4) is 0 Å². The third-order valence-electron chi connectivity index (χ3n) is 5.35. The highest BCUT2D eigenvalue weighted by Gasteiger charge is 2.32. The number of rotatable bonds is 9. The number of nitrogens with two attached hydrogens (primary N) is 1. The zero-order valence-electron chi connectivity index (χ0n) is 20.8. The predicted molar refractivity (Wildman–Crippen MR) is 136 cm³/mol. The first kappa shape index (κ1) is 27.7. The molecule has 0 fully saturated rings. The number of alkyl halides is 3. The molecule has 0 bridgehead atoms. The van der Waals surface area contributed by atoms with Crippen molar-refractivity contribution in [3.63, 3.8) is 0 Å². The number of halogens is 4. The summed E-state index contributed by atoms with van der Waals surface area (Å²) in [7, 11) is 4.31. The lowest BCUT2D eigenvalue weighted by atomic mass is 10.2. The molecule has 206 valence electrons. The summed E-state index contributed by atoms with van der Waals surface area (Å²) in [5.74, 6) is 0.505. The summed E-state index contributed by atoms with van der Waals surface area (Å²) in [5.41, 5.74) is 4.42. The average molecular weight is 567 g/mol. The van der Waals surface area contributed by atoms with Gasteiger partial charge in [-0.3, -0.25) is 4.79 Å². The van der Waals surface area contributed by atoms with Crippen LogP contribution in [-0.4, -0.2) is 49.4 Å². The topological polar surface area (TPSA) is 144 Å². The molecule has 3 N–H and O–H groups in total. The van der Waals surface area contributed by atoms with E-state index in [1.54, 1.807) is 14.2 Å². The number of hydrogen-bond donors (Lipinski definition) is 2. The van der Waals surface area contributed by atoms with Crippen molar-refractivity contribution in [3.8, 4) is 11.6 Å². The number of fused-ring (bicyclic) bond motifs is 1. The molecule has 4 rings (SSSR count). The number of nitrogens with one attached hydrogen (secondary N) is 1. The highest BCUT2D eigenvalue weighted by atomic mass is 35.5. The van der Waals surface area contributed by atoms with Gasteiger partial charge in [-0.05, 0) is 6.07 Å². The van der Waals surface area contributed by atoms with Crippen LogP contribution in [-0.2, 0) is 25.0 Å². The zero-order chi connectivity index (χ0) is 28.3. The first-order valence-corrected chi connectivity index (χ1v) is 11.5. The van der Waals surface area contributed by atoms with Gasteiger partial charge in [0.15, 0.2) is 17.2 Å². The first-order valence-electron chi connectivity index (χ1n) is 11.1. The highest BCUT2D eigenvalue weighted by molar-refractivity contribution is 6.36. The molecule has 0 aliphatic heterocycles. The number of aromatic nitrogens is 6. The largest absolute Gasteiger partial charge is 0.474 e. The van der Waals surface area contributed by atoms with Crippen LogP contribution in [0.4, 0.5) is 24.8 Å². The van der Waals surface area contributed by atoms with E-state index in [9.17, 15) is 18.0 Å². The molecule has 12 nitrogen and oxygen atoms in total. The van der Waals surface area contributed by atoms with Gasteiger partial charge in [0.2, 0.25) is 11.8 Å². The highest BCUT2D eigenvalue weighted by Crippen LogP contribution is 2.35. The lowest BCUT2D eigenvalue weighted by Crippen LogP contribution is -2.23. The maximum absolute atomic E-state index is 13.3. The summed E-state index contributed by atoms with van der Waals surface area (Å²) in [5, 5.41) is 2.72. The number of hydrogen-bond acceptors (Lipinski definition) is 10. The Bertz CT molecular complexity index is 1590. The van der Waals surface area contributed by atoms with Crippen molar-refractivity contribution in [2.45, 2.75) is 6.18 Å². The molecule has 0 amide bonds. The minimum atomic E-state index is -4.65. The van der Waals surface area contributed by atoms with Crippen LogP contribution in [0.1, 0.15) is 11.3 Å². The van der Waals surface area contributed by atoms with Crippen molar-refractivity contribution in [2.24, 2.45) is 19.8 Å². The molecule has 0 radical (unpaired) electrons. The monoisotopic (exact) mass is 566 g/mol. The van der Waals surface area contributed by atoms with Crippen LogP contribution in [0.15, 0.2) is 41.8 Å². The Hall–Kier alpha value is -4.37. The van der Waals surface area contributed by atoms with E-state index in [0.717, 1.165) is 10.8 Å². The molecule has 0 spiro atoms. The van der Waals surface area contributed by atoms with Crippen LogP contribution < -0.4 is 26.1 Å². The van der Waals surface area contributed by atoms with Gasteiger partial charge >= 0.3 is 6.18 Å². The van der Waals surface area contributed by atoms with E-state index in [1.165, 1.54) is 30.2 Å². The number of aryl methyl sites for hydroxylation is 2. The van der Waals surface area contributed by atoms with E-state index in [1.807, 2.05) is 0 Å². The SMILES string of the molecule is COCCOc1cnc(C(=CN)Oc2cnc3nc(Nc4cc(C(F)(F)F)cn(C)c4=O)n(C)c3c2Cl)cn1. The second-order valence-corrected chi connectivity index (χ2v) is 8.38. The number of nitrogens with zero attached hydrogens (tertiary/aromatic N) is 6. The average Bonchev–Trinajstić information content (AvgIpc) is 3.22. The quantitative estimate of drug-likeness (QED) is 0.229. The van der Waals surface area contributed by atoms with Crippen LogP contribution in [0, 0.1) is 0 Å². The Balaban J connectivity index is 1.62. The number of imidazole rings is 1. The third kappa shape index (κ3) is 5.88. The Morgan fingerprint density at radius 2 is 1.95 bits per heavy atom. The molecule has 16 heteroatoms. The molecule has 0 unspecified atom stereocenters. The fourth-order valence-corrected chi connectivity index (χ4v) is 3.71. The first-order chi connectivity index (χ1) is 18.5. The Labute approximate surface area is 223 Å². The van der Waals surface area contributed by atoms with Crippen LogP contribution in [0.25, 0.3) is 16.9 Å². The summed E-state index contributed by atoms with van der Waals surface area (Å²) >= 11 is 6.59. The van der Waals surface area contributed by atoms with E-state index in [-0.39, 0.29) is 50.9 Å². The number of anilines is 2. The van der Waals surface area contributed by atoms with Crippen molar-refractivity contribution >= 4 is 40.2 Å². The molecule has 0 saturated carbocycles. The van der Waals surface area contributed by atoms with Crippen molar-refractivity contribution in [2.75, 3.05) is 25.6 Å². The molecule has 0 aromatic carbocycles. The fraction of sp³-hybridized carbons (Fsp3) is 0.261. The Kier molecular flexibility index (Phi) is 7.92. The van der Waals surface area contributed by atoms with E-state index in [2.05, 4.69) is 25.3 Å². The third-order valence-corrected chi connectivity index (χ3v) is 5.72. The van der Waals surface area contributed by atoms with Crippen molar-refractivity contribution in [1.29, 1.82) is 0 Å². The maximum atomic E-state index is 13.3. The minimum Gasteiger partial charge on any atom is -0.474 e. The lowest BCUT2D eigenvalue weighted by molar-refractivity contribution is -0.138. The van der Waals surface area contributed by atoms with E-state index < -0.39 is 17.3 Å². The van der Waals surface area contributed by atoms with Crippen molar-refractivity contribution < 1.29 is 27.4 Å². The molecule has 0 aliphatic rings. The normalized spacial score (nSPS) is 12.1. The molecule has 4 heterocycles. The van der Waals surface area contributed by atoms with Gasteiger partial charge in [0.1, 0.15) is 28.5 Å². The molecule has 39 heavy (non-hydrogen) atoms. The fourth-order valence-electron chi connectivity index (χ4n) is 3.41. The number of ether oxygens (including phenoxy) is 3. The maximum Gasteiger partial charge on any atom is 0.417 e. The smallest absolute Gasteiger partial charge is 0.417 e. The Morgan fingerprint density at radius 1 is 1.18 bits per heavy atom. The summed E-state index contributed by atoms with van der Waals surface area (Å²) in [6.07, 6.45) is 1.29. The van der Waals surface area contributed by atoms with Gasteiger partial charge in [-0.15, -0.1) is 0 Å². The predicted octanol–water partition coefficient (Wildman–Crippen LogP) is 3.23. The Morgan fingerprint density at radius 3 is 2.59 bits per heavy atom. The van der Waals surface area contributed by atoms with Gasteiger partial charge < -0.3 is 34.4 Å². The standard InChI is InChI=1S/C23H22ClF3N8O4/c1-34-11-12(23(25,26)27)6-13(21(34)36)32-22-33-20-19(35(22)2)18(24)16(9-31-20)39-15(7-28)14-8-30-17(10-29-14)38-5-4-37-3/h6-11H,4-5,28H2,1-3H3,(H,31,32,33). The van der Waals surface area contributed by atoms with Gasteiger partial charge in [0.25, 0.3) is 5.56 Å². The van der Waals surface area contributed by atoms with Gasteiger partial charge in [0.05, 0.1) is 30.8 Å². The molecule has 0 saturated heterocycles. The van der Waals surface area contributed by atoms with Crippen molar-refractivity contribution in [3.05, 3.63) is 63.7 Å². The molecule has 4 aromatic heterocycles. The minimum absolute atomic E-state index is 0.0255. The van der Waals surface area contributed by atoms with E-state index in [0.29, 0.717) is 25.5 Å². The number of pyridine rings is 2. The van der Waals surface area contributed by atoms with Gasteiger partial charge in [-0.2, -0.15) is 18.2 Å². The molecule has 0 atom stereocenters. The van der Waals surface area contributed by atoms with Crippen LogP contribution in [0.2, 0.25) is 5.02 Å². The van der Waals surface area contributed by atoms with Crippen LogP contribution >= 0.6 is 11.6 Å². The summed E-state index contributed by atoms with van der Waals surface area (Å²) in [4.78, 5) is 29.3. The van der Waals surface area contributed by atoms with E-state index in [4.69, 9.17) is 31.5 Å².